The Kier molecular flexibility index (Phi) is 4.05. The van der Waals surface area contributed by atoms with Gasteiger partial charge in [-0.15, -0.1) is 0 Å². The van der Waals surface area contributed by atoms with Gasteiger partial charge in [0.2, 0.25) is 0 Å². The molecule has 0 unspecified atom stereocenters. The second-order valence-electron chi connectivity index (χ2n) is 5.12. The summed E-state index contributed by atoms with van der Waals surface area (Å²) >= 11 is 3.68. The van der Waals surface area contributed by atoms with Gasteiger partial charge >= 0.3 is 0 Å². The quantitative estimate of drug-likeness (QED) is 0.887. The minimum atomic E-state index is 0.537. The van der Waals surface area contributed by atoms with Crippen LogP contribution in [0.25, 0.3) is 11.4 Å². The van der Waals surface area contributed by atoms with Crippen molar-refractivity contribution in [1.82, 2.24) is 9.97 Å². The van der Waals surface area contributed by atoms with Crippen LogP contribution in [0.2, 0.25) is 0 Å². The molecule has 0 atom stereocenters. The molecular weight excluding hydrogens is 318 g/mol. The zero-order chi connectivity index (χ0) is 13.9. The van der Waals surface area contributed by atoms with Crippen molar-refractivity contribution in [2.24, 2.45) is 0 Å². The van der Waals surface area contributed by atoms with E-state index in [9.17, 15) is 0 Å². The van der Waals surface area contributed by atoms with Gasteiger partial charge in [-0.25, -0.2) is 9.97 Å². The molecule has 1 aliphatic rings. The lowest BCUT2D eigenvalue weighted by Gasteiger charge is -2.15. The first kappa shape index (κ1) is 13.6. The van der Waals surface area contributed by atoms with Crippen LogP contribution in [0.4, 0.5) is 5.82 Å². The van der Waals surface area contributed by atoms with Gasteiger partial charge in [-0.1, -0.05) is 12.8 Å². The van der Waals surface area contributed by atoms with Gasteiger partial charge in [0.1, 0.15) is 12.1 Å². The SMILES string of the molecule is CCNc1nc(-c2ccoc2)nc(C2CCCC2)c1Br. The van der Waals surface area contributed by atoms with Crippen LogP contribution in [-0.4, -0.2) is 16.5 Å². The number of nitrogens with zero attached hydrogens (tertiary/aromatic N) is 2. The Morgan fingerprint density at radius 1 is 1.35 bits per heavy atom. The fourth-order valence-corrected chi connectivity index (χ4v) is 3.38. The standard InChI is InChI=1S/C15H18BrN3O/c1-2-17-15-12(16)13(10-5-3-4-6-10)18-14(19-15)11-7-8-20-9-11/h7-10H,2-6H2,1H3,(H,17,18,19). The van der Waals surface area contributed by atoms with E-state index in [2.05, 4.69) is 33.2 Å². The number of nitrogens with one attached hydrogen (secondary N) is 1. The van der Waals surface area contributed by atoms with Gasteiger partial charge in [0, 0.05) is 12.5 Å². The average molecular weight is 336 g/mol. The second kappa shape index (κ2) is 5.95. The molecule has 2 aromatic rings. The number of anilines is 1. The van der Waals surface area contributed by atoms with E-state index in [1.165, 1.54) is 25.7 Å². The maximum atomic E-state index is 5.15. The average Bonchev–Trinajstić information content (AvgIpc) is 3.14. The van der Waals surface area contributed by atoms with Crippen LogP contribution in [0.15, 0.2) is 27.5 Å². The molecule has 0 saturated heterocycles. The lowest BCUT2D eigenvalue weighted by Crippen LogP contribution is -2.08. The topological polar surface area (TPSA) is 51.0 Å². The smallest absolute Gasteiger partial charge is 0.165 e. The Labute approximate surface area is 127 Å². The Morgan fingerprint density at radius 3 is 2.80 bits per heavy atom. The molecule has 0 aliphatic heterocycles. The minimum absolute atomic E-state index is 0.537. The molecule has 5 heteroatoms. The predicted molar refractivity (Wildman–Crippen MR) is 82.8 cm³/mol. The summed E-state index contributed by atoms with van der Waals surface area (Å²) in [5, 5.41) is 3.31. The van der Waals surface area contributed by atoms with Crippen LogP contribution in [0, 0.1) is 0 Å². The third-order valence-electron chi connectivity index (χ3n) is 3.74. The van der Waals surface area contributed by atoms with E-state index in [1.54, 1.807) is 12.5 Å². The summed E-state index contributed by atoms with van der Waals surface area (Å²) in [6, 6.07) is 1.90. The van der Waals surface area contributed by atoms with E-state index in [4.69, 9.17) is 9.40 Å². The van der Waals surface area contributed by atoms with Crippen LogP contribution in [0.3, 0.4) is 0 Å². The fraction of sp³-hybridized carbons (Fsp3) is 0.467. The molecule has 20 heavy (non-hydrogen) atoms. The molecule has 1 fully saturated rings. The lowest BCUT2D eigenvalue weighted by molar-refractivity contribution is 0.568. The van der Waals surface area contributed by atoms with Gasteiger partial charge in [-0.05, 0) is 41.8 Å². The summed E-state index contributed by atoms with van der Waals surface area (Å²) in [6.07, 6.45) is 8.36. The van der Waals surface area contributed by atoms with E-state index >= 15 is 0 Å². The van der Waals surface area contributed by atoms with Crippen molar-refractivity contribution >= 4 is 21.7 Å². The molecule has 2 heterocycles. The molecule has 1 N–H and O–H groups in total. The predicted octanol–water partition coefficient (Wildman–Crippen LogP) is 4.59. The van der Waals surface area contributed by atoms with Crippen LogP contribution in [0.1, 0.15) is 44.2 Å². The van der Waals surface area contributed by atoms with Gasteiger partial charge < -0.3 is 9.73 Å². The molecule has 0 bridgehead atoms. The van der Waals surface area contributed by atoms with Gasteiger partial charge in [-0.3, -0.25) is 0 Å². The number of hydrogen-bond donors (Lipinski definition) is 1. The van der Waals surface area contributed by atoms with E-state index in [0.29, 0.717) is 5.92 Å². The third kappa shape index (κ3) is 2.59. The molecule has 1 aliphatic carbocycles. The van der Waals surface area contributed by atoms with Crippen molar-refractivity contribution in [2.75, 3.05) is 11.9 Å². The molecule has 0 aromatic carbocycles. The van der Waals surface area contributed by atoms with E-state index < -0.39 is 0 Å². The number of aromatic nitrogens is 2. The molecule has 0 spiro atoms. The summed E-state index contributed by atoms with van der Waals surface area (Å²) < 4.78 is 6.16. The summed E-state index contributed by atoms with van der Waals surface area (Å²) in [7, 11) is 0. The highest BCUT2D eigenvalue weighted by Crippen LogP contribution is 2.39. The van der Waals surface area contributed by atoms with E-state index in [1.807, 2.05) is 6.07 Å². The Morgan fingerprint density at radius 2 is 2.15 bits per heavy atom. The third-order valence-corrected chi connectivity index (χ3v) is 4.52. The lowest BCUT2D eigenvalue weighted by atomic mass is 10.0. The normalized spacial score (nSPS) is 15.7. The van der Waals surface area contributed by atoms with Crippen LogP contribution in [-0.2, 0) is 0 Å². The van der Waals surface area contributed by atoms with Crippen LogP contribution >= 0.6 is 15.9 Å². The molecule has 2 aromatic heterocycles. The highest BCUT2D eigenvalue weighted by molar-refractivity contribution is 9.10. The second-order valence-corrected chi connectivity index (χ2v) is 5.91. The van der Waals surface area contributed by atoms with Crippen LogP contribution < -0.4 is 5.32 Å². The molecular formula is C15H18BrN3O. The summed E-state index contributed by atoms with van der Waals surface area (Å²) in [4.78, 5) is 9.39. The first-order valence-electron chi connectivity index (χ1n) is 7.13. The number of halogens is 1. The van der Waals surface area contributed by atoms with Crippen molar-refractivity contribution in [3.63, 3.8) is 0 Å². The van der Waals surface area contributed by atoms with Crippen molar-refractivity contribution in [3.05, 3.63) is 28.8 Å². The fourth-order valence-electron chi connectivity index (χ4n) is 2.74. The summed E-state index contributed by atoms with van der Waals surface area (Å²) in [6.45, 7) is 2.91. The molecule has 3 rings (SSSR count). The zero-order valence-corrected chi connectivity index (χ0v) is 13.1. The van der Waals surface area contributed by atoms with Crippen LogP contribution in [0.5, 0.6) is 0 Å². The first-order valence-corrected chi connectivity index (χ1v) is 7.92. The van der Waals surface area contributed by atoms with Gasteiger partial charge in [-0.2, -0.15) is 0 Å². The molecule has 0 radical (unpaired) electrons. The van der Waals surface area contributed by atoms with E-state index in [-0.39, 0.29) is 0 Å². The maximum absolute atomic E-state index is 5.15. The zero-order valence-electron chi connectivity index (χ0n) is 11.5. The van der Waals surface area contributed by atoms with Gasteiger partial charge in [0.25, 0.3) is 0 Å². The Balaban J connectivity index is 2.07. The first-order chi connectivity index (χ1) is 9.79. The Bertz CT molecular complexity index is 577. The van der Waals surface area contributed by atoms with Gasteiger partial charge in [0.05, 0.1) is 22.0 Å². The molecule has 0 amide bonds. The van der Waals surface area contributed by atoms with Crippen molar-refractivity contribution in [1.29, 1.82) is 0 Å². The minimum Gasteiger partial charge on any atom is -0.472 e. The van der Waals surface area contributed by atoms with Crippen molar-refractivity contribution in [3.8, 4) is 11.4 Å². The van der Waals surface area contributed by atoms with Crippen molar-refractivity contribution < 1.29 is 4.42 Å². The van der Waals surface area contributed by atoms with E-state index in [0.717, 1.165) is 33.9 Å². The monoisotopic (exact) mass is 335 g/mol. The molecule has 106 valence electrons. The van der Waals surface area contributed by atoms with Gasteiger partial charge in [0.15, 0.2) is 5.82 Å². The highest BCUT2D eigenvalue weighted by Gasteiger charge is 2.24. The number of hydrogen-bond acceptors (Lipinski definition) is 4. The largest absolute Gasteiger partial charge is 0.472 e. The summed E-state index contributed by atoms with van der Waals surface area (Å²) in [5.41, 5.74) is 2.06. The number of rotatable bonds is 4. The maximum Gasteiger partial charge on any atom is 0.165 e. The highest BCUT2D eigenvalue weighted by atomic mass is 79.9. The molecule has 4 nitrogen and oxygen atoms in total. The number of furan rings is 1. The Hall–Kier alpha value is -1.36. The van der Waals surface area contributed by atoms with Crippen molar-refractivity contribution in [2.45, 2.75) is 38.5 Å². The molecule has 1 saturated carbocycles. The summed E-state index contributed by atoms with van der Waals surface area (Å²) in [5.74, 6) is 2.15.